The third-order valence-electron chi connectivity index (χ3n) is 6.62. The number of β-amino-alcohol motifs (C(OH)–C–C–N with tert-alkyl or cyclic N) is 1. The van der Waals surface area contributed by atoms with Crippen molar-refractivity contribution < 1.29 is 9.90 Å². The average Bonchev–Trinajstić information content (AvgIpc) is 3.37. The van der Waals surface area contributed by atoms with Gasteiger partial charge in [-0.1, -0.05) is 29.7 Å². The minimum Gasteiger partial charge on any atom is -0.395 e. The van der Waals surface area contributed by atoms with Crippen molar-refractivity contribution in [3.63, 3.8) is 0 Å². The molecule has 0 unspecified atom stereocenters. The summed E-state index contributed by atoms with van der Waals surface area (Å²) in [7, 11) is 0. The van der Waals surface area contributed by atoms with Crippen LogP contribution in [0.15, 0.2) is 54.9 Å². The van der Waals surface area contributed by atoms with Gasteiger partial charge in [-0.25, -0.2) is 4.98 Å². The number of hydrogen-bond acceptors (Lipinski definition) is 8. The Balaban J connectivity index is 0.00000370. The molecule has 2 aromatic heterocycles. The minimum atomic E-state index is -0.388. The molecular weight excluding hydrogens is 528 g/mol. The number of nitrogens with one attached hydrogen (secondary N) is 2. The lowest BCUT2D eigenvalue weighted by Crippen LogP contribution is -2.47. The largest absolute Gasteiger partial charge is 0.395 e. The molecule has 2 aromatic carbocycles. The number of fused-ring (bicyclic) bond motifs is 1. The topological polar surface area (TPSA) is 111 Å². The van der Waals surface area contributed by atoms with Crippen molar-refractivity contribution in [1.82, 2.24) is 24.4 Å². The van der Waals surface area contributed by atoms with Gasteiger partial charge < -0.3 is 25.2 Å². The second-order valence-corrected chi connectivity index (χ2v) is 9.40. The van der Waals surface area contributed by atoms with Crippen LogP contribution in [0.1, 0.15) is 18.1 Å². The van der Waals surface area contributed by atoms with Crippen LogP contribution in [0, 0.1) is 18.8 Å². The third kappa shape index (κ3) is 6.87. The summed E-state index contributed by atoms with van der Waals surface area (Å²) in [6.07, 6.45) is 1.77. The summed E-state index contributed by atoms with van der Waals surface area (Å²) in [6, 6.07) is 15.1. The van der Waals surface area contributed by atoms with Crippen LogP contribution in [-0.2, 0) is 11.3 Å². The monoisotopic (exact) mass is 560 g/mol. The number of carbonyl (C=O) groups excluding carboxylic acids is 1. The molecule has 0 spiro atoms. The summed E-state index contributed by atoms with van der Waals surface area (Å²) in [6.45, 7) is 8.86. The first-order valence-corrected chi connectivity index (χ1v) is 13.1. The van der Waals surface area contributed by atoms with E-state index in [1.165, 1.54) is 0 Å². The molecule has 5 rings (SSSR count). The van der Waals surface area contributed by atoms with Crippen LogP contribution in [-0.4, -0.2) is 74.8 Å². The molecule has 1 fully saturated rings. The molecule has 208 valence electrons. The van der Waals surface area contributed by atoms with Gasteiger partial charge in [0, 0.05) is 62.1 Å². The van der Waals surface area contributed by atoms with Gasteiger partial charge in [-0.05, 0) is 44.2 Å². The van der Waals surface area contributed by atoms with E-state index in [2.05, 4.69) is 44.2 Å². The summed E-state index contributed by atoms with van der Waals surface area (Å²) >= 11 is 0. The molecule has 0 radical (unpaired) electrons. The number of aliphatic hydroxyl groups excluding tert-OH is 1. The first kappa shape index (κ1) is 28.8. The molecule has 1 aliphatic heterocycles. The summed E-state index contributed by atoms with van der Waals surface area (Å²) in [4.78, 5) is 31.1. The van der Waals surface area contributed by atoms with E-state index < -0.39 is 0 Å². The number of carbonyl (C=O) groups is 1. The summed E-state index contributed by atoms with van der Waals surface area (Å²) in [5, 5.41) is 15.5. The Morgan fingerprint density at radius 1 is 1.05 bits per heavy atom. The Morgan fingerprint density at radius 3 is 2.52 bits per heavy atom. The Kier molecular flexibility index (Phi) is 9.56. The van der Waals surface area contributed by atoms with E-state index in [1.807, 2.05) is 60.0 Å². The number of piperazine rings is 1. The summed E-state index contributed by atoms with van der Waals surface area (Å²) < 4.78 is 2.00. The quantitative estimate of drug-likeness (QED) is 0.295. The number of anilines is 4. The summed E-state index contributed by atoms with van der Waals surface area (Å²) in [5.74, 6) is 6.39. The van der Waals surface area contributed by atoms with E-state index in [0.29, 0.717) is 29.5 Å². The van der Waals surface area contributed by atoms with E-state index in [9.17, 15) is 9.90 Å². The van der Waals surface area contributed by atoms with E-state index in [1.54, 1.807) is 6.33 Å². The molecule has 0 atom stereocenters. The lowest BCUT2D eigenvalue weighted by molar-refractivity contribution is -0.111. The highest BCUT2D eigenvalue weighted by Gasteiger charge is 2.21. The predicted octanol–water partition coefficient (Wildman–Crippen LogP) is 3.42. The number of aryl methyl sites for hydroxylation is 2. The third-order valence-corrected chi connectivity index (χ3v) is 6.62. The van der Waals surface area contributed by atoms with Gasteiger partial charge in [0.05, 0.1) is 12.9 Å². The van der Waals surface area contributed by atoms with Crippen molar-refractivity contribution in [2.75, 3.05) is 54.9 Å². The maximum Gasteiger partial charge on any atom is 0.300 e. The zero-order chi connectivity index (χ0) is 27.2. The van der Waals surface area contributed by atoms with Crippen LogP contribution < -0.4 is 15.5 Å². The normalized spacial score (nSPS) is 13.3. The molecule has 0 aliphatic carbocycles. The lowest BCUT2D eigenvalue weighted by Gasteiger charge is -2.34. The maximum absolute atomic E-state index is 12.5. The molecule has 40 heavy (non-hydrogen) atoms. The van der Waals surface area contributed by atoms with E-state index in [0.717, 1.165) is 55.2 Å². The van der Waals surface area contributed by atoms with Crippen LogP contribution in [0.5, 0.6) is 0 Å². The molecule has 4 aromatic rings. The zero-order valence-corrected chi connectivity index (χ0v) is 23.4. The van der Waals surface area contributed by atoms with Gasteiger partial charge in [0.1, 0.15) is 0 Å². The number of aliphatic hydroxyl groups is 1. The smallest absolute Gasteiger partial charge is 0.300 e. The fraction of sp³-hybridized carbons (Fsp3) is 0.310. The van der Waals surface area contributed by atoms with Crippen molar-refractivity contribution in [1.29, 1.82) is 0 Å². The maximum atomic E-state index is 12.5. The molecule has 3 heterocycles. The number of benzene rings is 2. The van der Waals surface area contributed by atoms with Gasteiger partial charge in [-0.15, -0.1) is 12.4 Å². The standard InChI is InChI=1S/C29H32N8O2.ClH/c1-3-36-20-30-26-27(33-29(34-28(26)36)37-15-13-35(14-16-37)17-18-38)32-24-6-4-5-23(19-24)31-25(39)12-11-22-9-7-21(2)8-10-22;/h4-10,19-20,38H,3,13-18H2,1-2H3,(H,31,39)(H,32,33,34);1H. The summed E-state index contributed by atoms with van der Waals surface area (Å²) in [5.41, 5.74) is 4.74. The highest BCUT2D eigenvalue weighted by atomic mass is 35.5. The fourth-order valence-corrected chi connectivity index (χ4v) is 4.45. The second-order valence-electron chi connectivity index (χ2n) is 9.40. The van der Waals surface area contributed by atoms with Crippen LogP contribution in [0.3, 0.4) is 0 Å². The minimum absolute atomic E-state index is 0. The molecule has 3 N–H and O–H groups in total. The van der Waals surface area contributed by atoms with Crippen molar-refractivity contribution in [2.45, 2.75) is 20.4 Å². The molecule has 1 aliphatic rings. The zero-order valence-electron chi connectivity index (χ0n) is 22.6. The van der Waals surface area contributed by atoms with Crippen molar-refractivity contribution in [2.24, 2.45) is 0 Å². The first-order chi connectivity index (χ1) is 19.0. The first-order valence-electron chi connectivity index (χ1n) is 13.1. The Bertz CT molecular complexity index is 1520. The van der Waals surface area contributed by atoms with Crippen LogP contribution >= 0.6 is 12.4 Å². The second kappa shape index (κ2) is 13.3. The van der Waals surface area contributed by atoms with Gasteiger partial charge in [0.2, 0.25) is 5.95 Å². The van der Waals surface area contributed by atoms with Crippen molar-refractivity contribution in [3.8, 4) is 11.8 Å². The number of hydrogen-bond donors (Lipinski definition) is 3. The Hall–Kier alpha value is -4.17. The molecule has 1 saturated heterocycles. The van der Waals surface area contributed by atoms with Gasteiger partial charge in [-0.2, -0.15) is 9.97 Å². The molecule has 0 bridgehead atoms. The highest BCUT2D eigenvalue weighted by molar-refractivity contribution is 6.04. The van der Waals surface area contributed by atoms with Gasteiger partial charge >= 0.3 is 5.91 Å². The number of nitrogens with zero attached hydrogens (tertiary/aromatic N) is 6. The average molecular weight is 561 g/mol. The van der Waals surface area contributed by atoms with Crippen LogP contribution in [0.4, 0.5) is 23.1 Å². The Labute approximate surface area is 239 Å². The van der Waals surface area contributed by atoms with Gasteiger partial charge in [0.25, 0.3) is 0 Å². The molecule has 0 saturated carbocycles. The van der Waals surface area contributed by atoms with Gasteiger partial charge in [-0.3, -0.25) is 9.69 Å². The molecule has 11 heteroatoms. The van der Waals surface area contributed by atoms with Crippen LogP contribution in [0.25, 0.3) is 11.2 Å². The van der Waals surface area contributed by atoms with E-state index in [4.69, 9.17) is 9.97 Å². The molecule has 1 amide bonds. The molecular formula is C29H33ClN8O2. The van der Waals surface area contributed by atoms with Gasteiger partial charge in [0.15, 0.2) is 17.0 Å². The molecule has 10 nitrogen and oxygen atoms in total. The number of aromatic nitrogens is 4. The number of rotatable bonds is 7. The van der Waals surface area contributed by atoms with Crippen LogP contribution in [0.2, 0.25) is 0 Å². The van der Waals surface area contributed by atoms with Crippen molar-refractivity contribution in [3.05, 3.63) is 66.0 Å². The number of imidazole rings is 1. The number of halogens is 1. The Morgan fingerprint density at radius 2 is 1.80 bits per heavy atom. The SMILES string of the molecule is CCn1cnc2c(Nc3cccc(NC(=O)C#Cc4ccc(C)cc4)c3)nc(N3CCN(CCO)CC3)nc21.Cl. The highest BCUT2D eigenvalue weighted by Crippen LogP contribution is 2.27. The predicted molar refractivity (Wildman–Crippen MR) is 160 cm³/mol. The lowest BCUT2D eigenvalue weighted by atomic mass is 10.1. The number of amides is 1. The fourth-order valence-electron chi connectivity index (χ4n) is 4.45. The van der Waals surface area contributed by atoms with E-state index in [-0.39, 0.29) is 24.9 Å². The van der Waals surface area contributed by atoms with Crippen molar-refractivity contribution >= 4 is 52.6 Å². The van der Waals surface area contributed by atoms with E-state index >= 15 is 0 Å².